The summed E-state index contributed by atoms with van der Waals surface area (Å²) in [6.07, 6.45) is 1.25. The first-order chi connectivity index (χ1) is 15.8. The average molecular weight is 466 g/mol. The van der Waals surface area contributed by atoms with Crippen LogP contribution in [0.25, 0.3) is 11.1 Å². The van der Waals surface area contributed by atoms with Gasteiger partial charge in [-0.1, -0.05) is 42.5 Å². The zero-order chi connectivity index (χ0) is 23.4. The van der Waals surface area contributed by atoms with Gasteiger partial charge in [0.25, 0.3) is 5.91 Å². The van der Waals surface area contributed by atoms with Gasteiger partial charge < -0.3 is 14.4 Å². The molecule has 0 saturated carbocycles. The lowest BCUT2D eigenvalue weighted by Crippen LogP contribution is -2.32. The molecule has 1 amide bonds. The van der Waals surface area contributed by atoms with Crippen LogP contribution in [0.5, 0.6) is 11.5 Å². The third-order valence-electron chi connectivity index (χ3n) is 5.58. The molecule has 3 aromatic carbocycles. The predicted molar refractivity (Wildman–Crippen MR) is 130 cm³/mol. The Bertz CT molecular complexity index is 1220. The lowest BCUT2D eigenvalue weighted by Gasteiger charge is -2.19. The van der Waals surface area contributed by atoms with Gasteiger partial charge in [0.15, 0.2) is 15.9 Å². The topological polar surface area (TPSA) is 72.9 Å². The Morgan fingerprint density at radius 1 is 0.970 bits per heavy atom. The second-order valence-corrected chi connectivity index (χ2v) is 10.5. The number of anilines is 1. The highest BCUT2D eigenvalue weighted by atomic mass is 32.2. The highest BCUT2D eigenvalue weighted by molar-refractivity contribution is 7.90. The lowest BCUT2D eigenvalue weighted by molar-refractivity contribution is -0.122. The molecule has 0 radical (unpaired) electrons. The second-order valence-electron chi connectivity index (χ2n) is 8.20. The molecule has 6 nitrogen and oxygen atoms in total. The molecule has 172 valence electrons. The Labute approximate surface area is 194 Å². The van der Waals surface area contributed by atoms with Crippen LogP contribution in [0.4, 0.5) is 5.69 Å². The Balaban J connectivity index is 1.38. The molecule has 1 aliphatic heterocycles. The number of nitrogens with zero attached hydrogens (tertiary/aromatic N) is 1. The van der Waals surface area contributed by atoms with Crippen LogP contribution < -0.4 is 14.4 Å². The van der Waals surface area contributed by atoms with Crippen LogP contribution in [-0.4, -0.2) is 45.6 Å². The minimum Gasteiger partial charge on any atom is -0.492 e. The molecule has 33 heavy (non-hydrogen) atoms. The SMILES string of the molecule is Cc1cc(N2CCC(Oc3ccc(-c4ccccc4)cc3)C2=O)ccc1OCCS(C)(=O)=O. The maximum Gasteiger partial charge on any atom is 0.268 e. The number of carbonyl (C=O) groups excluding carboxylic acids is 1. The van der Waals surface area contributed by atoms with Crippen molar-refractivity contribution in [1.29, 1.82) is 0 Å². The number of sulfone groups is 1. The van der Waals surface area contributed by atoms with Gasteiger partial charge in [0.2, 0.25) is 0 Å². The summed E-state index contributed by atoms with van der Waals surface area (Å²) in [6.45, 7) is 2.54. The molecule has 1 aliphatic rings. The van der Waals surface area contributed by atoms with Gasteiger partial charge >= 0.3 is 0 Å². The first-order valence-electron chi connectivity index (χ1n) is 10.8. The van der Waals surface area contributed by atoms with Crippen molar-refractivity contribution in [3.8, 4) is 22.6 Å². The molecule has 7 heteroatoms. The van der Waals surface area contributed by atoms with E-state index < -0.39 is 15.9 Å². The fraction of sp³-hybridized carbons (Fsp3) is 0.269. The van der Waals surface area contributed by atoms with Crippen molar-refractivity contribution in [1.82, 2.24) is 0 Å². The summed E-state index contributed by atoms with van der Waals surface area (Å²) >= 11 is 0. The smallest absolute Gasteiger partial charge is 0.268 e. The first kappa shape index (κ1) is 22.9. The Morgan fingerprint density at radius 3 is 2.33 bits per heavy atom. The molecule has 4 rings (SSSR count). The number of amides is 1. The number of hydrogen-bond donors (Lipinski definition) is 0. The molecule has 1 atom stereocenters. The molecule has 3 aromatic rings. The molecule has 1 heterocycles. The van der Waals surface area contributed by atoms with Crippen molar-refractivity contribution in [3.05, 3.63) is 78.4 Å². The van der Waals surface area contributed by atoms with Crippen LogP contribution >= 0.6 is 0 Å². The fourth-order valence-corrected chi connectivity index (χ4v) is 4.19. The molecule has 0 aliphatic carbocycles. The van der Waals surface area contributed by atoms with E-state index in [-0.39, 0.29) is 18.3 Å². The van der Waals surface area contributed by atoms with Crippen LogP contribution in [0.3, 0.4) is 0 Å². The highest BCUT2D eigenvalue weighted by Gasteiger charge is 2.34. The summed E-state index contributed by atoms with van der Waals surface area (Å²) in [5.74, 6) is 1.16. The van der Waals surface area contributed by atoms with Gasteiger partial charge in [-0.3, -0.25) is 4.79 Å². The molecule has 1 fully saturated rings. The van der Waals surface area contributed by atoms with Gasteiger partial charge in [-0.15, -0.1) is 0 Å². The lowest BCUT2D eigenvalue weighted by atomic mass is 10.1. The Morgan fingerprint density at radius 2 is 1.67 bits per heavy atom. The van der Waals surface area contributed by atoms with Crippen LogP contribution in [0, 0.1) is 6.92 Å². The summed E-state index contributed by atoms with van der Waals surface area (Å²) in [4.78, 5) is 14.7. The molecule has 1 saturated heterocycles. The van der Waals surface area contributed by atoms with E-state index in [4.69, 9.17) is 9.47 Å². The number of hydrogen-bond acceptors (Lipinski definition) is 5. The van der Waals surface area contributed by atoms with Gasteiger partial charge in [-0.2, -0.15) is 0 Å². The maximum atomic E-state index is 13.0. The maximum absolute atomic E-state index is 13.0. The Hall–Kier alpha value is -3.32. The minimum absolute atomic E-state index is 0.0376. The summed E-state index contributed by atoms with van der Waals surface area (Å²) in [6, 6.07) is 23.3. The van der Waals surface area contributed by atoms with Crippen molar-refractivity contribution < 1.29 is 22.7 Å². The van der Waals surface area contributed by atoms with E-state index >= 15 is 0 Å². The van der Waals surface area contributed by atoms with Crippen molar-refractivity contribution in [2.24, 2.45) is 0 Å². The molecule has 1 unspecified atom stereocenters. The van der Waals surface area contributed by atoms with Crippen molar-refractivity contribution in [2.75, 3.05) is 30.1 Å². The molecule has 0 aromatic heterocycles. The zero-order valence-electron chi connectivity index (χ0n) is 18.7. The largest absolute Gasteiger partial charge is 0.492 e. The van der Waals surface area contributed by atoms with E-state index in [0.717, 1.165) is 22.4 Å². The van der Waals surface area contributed by atoms with E-state index in [1.165, 1.54) is 6.26 Å². The third-order valence-corrected chi connectivity index (χ3v) is 6.49. The van der Waals surface area contributed by atoms with Crippen molar-refractivity contribution in [3.63, 3.8) is 0 Å². The summed E-state index contributed by atoms with van der Waals surface area (Å²) < 4.78 is 34.1. The van der Waals surface area contributed by atoms with Crippen molar-refractivity contribution >= 4 is 21.4 Å². The number of ether oxygens (including phenoxy) is 2. The number of aryl methyl sites for hydroxylation is 1. The molecule has 0 bridgehead atoms. The highest BCUT2D eigenvalue weighted by Crippen LogP contribution is 2.30. The standard InChI is InChI=1S/C26H27NO5S/c1-19-18-22(10-13-24(19)31-16-17-33(2,29)30)27-15-14-25(26(27)28)32-23-11-8-21(9-12-23)20-6-4-3-5-7-20/h3-13,18,25H,14-17H2,1-2H3. The van der Waals surface area contributed by atoms with Crippen molar-refractivity contribution in [2.45, 2.75) is 19.4 Å². The quantitative estimate of drug-likeness (QED) is 0.497. The summed E-state index contributed by atoms with van der Waals surface area (Å²) in [5, 5.41) is 0. The molecule has 0 N–H and O–H groups in total. The monoisotopic (exact) mass is 465 g/mol. The first-order valence-corrected chi connectivity index (χ1v) is 12.9. The predicted octanol–water partition coefficient (Wildman–Crippen LogP) is 4.27. The van der Waals surface area contributed by atoms with Crippen LogP contribution in [0.1, 0.15) is 12.0 Å². The zero-order valence-corrected chi connectivity index (χ0v) is 19.5. The number of rotatable bonds is 8. The van der Waals surface area contributed by atoms with Crippen LogP contribution in [0.2, 0.25) is 0 Å². The van der Waals surface area contributed by atoms with E-state index in [2.05, 4.69) is 12.1 Å². The number of benzene rings is 3. The molecular weight excluding hydrogens is 438 g/mol. The second kappa shape index (κ2) is 9.67. The van der Waals surface area contributed by atoms with Gasteiger partial charge in [-0.25, -0.2) is 8.42 Å². The van der Waals surface area contributed by atoms with E-state index in [0.29, 0.717) is 24.5 Å². The third kappa shape index (κ3) is 5.73. The van der Waals surface area contributed by atoms with E-state index in [1.807, 2.05) is 61.5 Å². The number of carbonyl (C=O) groups is 1. The minimum atomic E-state index is -3.08. The van der Waals surface area contributed by atoms with Crippen LogP contribution in [-0.2, 0) is 14.6 Å². The fourth-order valence-electron chi connectivity index (χ4n) is 3.81. The summed E-state index contributed by atoms with van der Waals surface area (Å²) in [7, 11) is -3.08. The summed E-state index contributed by atoms with van der Waals surface area (Å²) in [5.41, 5.74) is 3.84. The van der Waals surface area contributed by atoms with E-state index in [9.17, 15) is 13.2 Å². The molecule has 0 spiro atoms. The Kier molecular flexibility index (Phi) is 6.70. The van der Waals surface area contributed by atoms with E-state index in [1.54, 1.807) is 11.0 Å². The van der Waals surface area contributed by atoms with Gasteiger partial charge in [0.1, 0.15) is 18.1 Å². The van der Waals surface area contributed by atoms with Gasteiger partial charge in [-0.05, 0) is 53.9 Å². The average Bonchev–Trinajstić information content (AvgIpc) is 3.15. The normalized spacial score (nSPS) is 16.1. The van der Waals surface area contributed by atoms with Gasteiger partial charge in [0, 0.05) is 24.9 Å². The van der Waals surface area contributed by atoms with Crippen LogP contribution in [0.15, 0.2) is 72.8 Å². The van der Waals surface area contributed by atoms with Gasteiger partial charge in [0.05, 0.1) is 5.75 Å². The molecular formula is C26H27NO5S.